The minimum Gasteiger partial charge on any atom is -0.496 e. The molecule has 0 unspecified atom stereocenters. The minimum atomic E-state index is -0.428. The predicted octanol–water partition coefficient (Wildman–Crippen LogP) is 3.43. The third kappa shape index (κ3) is 6.86. The quantitative estimate of drug-likeness (QED) is 0.222. The smallest absolute Gasteiger partial charge is 0.269 e. The molecular formula is C20H22IN3O4S. The van der Waals surface area contributed by atoms with Crippen LogP contribution in [0.3, 0.4) is 0 Å². The van der Waals surface area contributed by atoms with Crippen molar-refractivity contribution in [3.63, 3.8) is 0 Å². The number of hydrogen-bond donors (Lipinski definition) is 3. The number of carbonyl (C=O) groups is 2. The highest BCUT2D eigenvalue weighted by atomic mass is 127. The lowest BCUT2D eigenvalue weighted by atomic mass is 10.2. The van der Waals surface area contributed by atoms with Crippen LogP contribution in [-0.4, -0.2) is 30.6 Å². The lowest BCUT2D eigenvalue weighted by Crippen LogP contribution is -2.48. The van der Waals surface area contributed by atoms with Crippen molar-refractivity contribution in [2.75, 3.05) is 13.7 Å². The first-order chi connectivity index (χ1) is 14.0. The van der Waals surface area contributed by atoms with E-state index in [1.165, 1.54) is 0 Å². The predicted molar refractivity (Wildman–Crippen MR) is 123 cm³/mol. The summed E-state index contributed by atoms with van der Waals surface area (Å²) in [5, 5.41) is 2.50. The molecule has 0 fully saturated rings. The van der Waals surface area contributed by atoms with Gasteiger partial charge < -0.3 is 9.47 Å². The number of unbranched alkanes of at least 4 members (excludes halogenated alkanes) is 1. The van der Waals surface area contributed by atoms with Gasteiger partial charge in [0.2, 0.25) is 0 Å². The van der Waals surface area contributed by atoms with E-state index in [-0.39, 0.29) is 5.11 Å². The zero-order chi connectivity index (χ0) is 21.2. The van der Waals surface area contributed by atoms with Crippen LogP contribution in [0.4, 0.5) is 0 Å². The Morgan fingerprint density at radius 2 is 1.83 bits per heavy atom. The van der Waals surface area contributed by atoms with E-state index in [1.807, 2.05) is 0 Å². The first kappa shape index (κ1) is 22.9. The molecule has 2 amide bonds. The monoisotopic (exact) mass is 527 g/mol. The molecular weight excluding hydrogens is 505 g/mol. The number of carbonyl (C=O) groups excluding carboxylic acids is 2. The molecule has 29 heavy (non-hydrogen) atoms. The average molecular weight is 527 g/mol. The largest absolute Gasteiger partial charge is 0.496 e. The lowest BCUT2D eigenvalue weighted by Gasteiger charge is -2.13. The Bertz CT molecular complexity index is 892. The third-order valence-corrected chi connectivity index (χ3v) is 4.86. The summed E-state index contributed by atoms with van der Waals surface area (Å²) in [7, 11) is 1.56. The number of methoxy groups -OCH3 is 1. The second kappa shape index (κ2) is 11.6. The van der Waals surface area contributed by atoms with Crippen molar-refractivity contribution in [2.24, 2.45) is 0 Å². The fourth-order valence-electron chi connectivity index (χ4n) is 2.30. The second-order valence-corrected chi connectivity index (χ2v) is 7.48. The molecule has 2 rings (SSSR count). The number of thiocarbonyl (C=S) groups is 1. The molecule has 0 aromatic heterocycles. The summed E-state index contributed by atoms with van der Waals surface area (Å²) in [5.74, 6) is 0.337. The number of ether oxygens (including phenoxy) is 2. The number of rotatable bonds is 7. The van der Waals surface area contributed by atoms with Crippen molar-refractivity contribution < 1.29 is 19.1 Å². The molecule has 3 N–H and O–H groups in total. The molecule has 0 saturated heterocycles. The highest BCUT2D eigenvalue weighted by molar-refractivity contribution is 14.1. The molecule has 0 heterocycles. The molecule has 7 nitrogen and oxygen atoms in total. The highest BCUT2D eigenvalue weighted by Crippen LogP contribution is 2.21. The van der Waals surface area contributed by atoms with Crippen LogP contribution in [0.1, 0.15) is 40.5 Å². The van der Waals surface area contributed by atoms with Crippen molar-refractivity contribution in [2.45, 2.75) is 19.8 Å². The van der Waals surface area contributed by atoms with Crippen molar-refractivity contribution in [3.8, 4) is 11.5 Å². The van der Waals surface area contributed by atoms with E-state index in [0.717, 1.165) is 16.4 Å². The first-order valence-corrected chi connectivity index (χ1v) is 10.4. The summed E-state index contributed by atoms with van der Waals surface area (Å²) < 4.78 is 11.6. The maximum atomic E-state index is 12.5. The van der Waals surface area contributed by atoms with E-state index >= 15 is 0 Å². The molecule has 0 aliphatic carbocycles. The van der Waals surface area contributed by atoms with Gasteiger partial charge in [-0.15, -0.1) is 0 Å². The van der Waals surface area contributed by atoms with Crippen molar-refractivity contribution in [1.29, 1.82) is 0 Å². The maximum Gasteiger partial charge on any atom is 0.269 e. The fraction of sp³-hybridized carbons (Fsp3) is 0.250. The molecule has 2 aromatic carbocycles. The van der Waals surface area contributed by atoms with Gasteiger partial charge in [0.25, 0.3) is 11.8 Å². The van der Waals surface area contributed by atoms with Crippen LogP contribution in [0, 0.1) is 3.57 Å². The number of amides is 2. The molecule has 0 spiro atoms. The van der Waals surface area contributed by atoms with Crippen LogP contribution in [0.25, 0.3) is 0 Å². The summed E-state index contributed by atoms with van der Waals surface area (Å²) in [6.07, 6.45) is 1.89. The SMILES string of the molecule is CCCCOc1ccccc1C(=O)NC(=S)NNC(=O)c1ccc(OC)c(I)c1. The molecule has 0 atom stereocenters. The van der Waals surface area contributed by atoms with Gasteiger partial charge >= 0.3 is 0 Å². The van der Waals surface area contributed by atoms with Crippen molar-refractivity contribution in [1.82, 2.24) is 16.2 Å². The van der Waals surface area contributed by atoms with Crippen LogP contribution < -0.4 is 25.6 Å². The maximum absolute atomic E-state index is 12.5. The molecule has 0 radical (unpaired) electrons. The third-order valence-electron chi connectivity index (χ3n) is 3.82. The molecule has 0 aliphatic rings. The van der Waals surface area contributed by atoms with E-state index in [2.05, 4.69) is 45.7 Å². The summed E-state index contributed by atoms with van der Waals surface area (Å²) >= 11 is 7.17. The van der Waals surface area contributed by atoms with Gasteiger partial charge in [0.15, 0.2) is 5.11 Å². The Kier molecular flexibility index (Phi) is 9.13. The van der Waals surface area contributed by atoms with Gasteiger partial charge in [-0.1, -0.05) is 25.5 Å². The van der Waals surface area contributed by atoms with E-state index in [0.29, 0.717) is 29.2 Å². The summed E-state index contributed by atoms with van der Waals surface area (Å²) in [5.41, 5.74) is 5.77. The summed E-state index contributed by atoms with van der Waals surface area (Å²) in [4.78, 5) is 24.7. The topological polar surface area (TPSA) is 88.7 Å². The van der Waals surface area contributed by atoms with Crippen LogP contribution in [-0.2, 0) is 0 Å². The van der Waals surface area contributed by atoms with Crippen molar-refractivity contribution >= 4 is 51.7 Å². The summed E-state index contributed by atoms with van der Waals surface area (Å²) in [6, 6.07) is 11.9. The zero-order valence-corrected chi connectivity index (χ0v) is 19.1. The Morgan fingerprint density at radius 3 is 2.52 bits per heavy atom. The number of halogens is 1. The van der Waals surface area contributed by atoms with Crippen LogP contribution in [0.2, 0.25) is 0 Å². The van der Waals surface area contributed by atoms with Crippen LogP contribution >= 0.6 is 34.8 Å². The second-order valence-electron chi connectivity index (χ2n) is 5.91. The fourth-order valence-corrected chi connectivity index (χ4v) is 3.18. The van der Waals surface area contributed by atoms with Crippen molar-refractivity contribution in [3.05, 3.63) is 57.2 Å². The van der Waals surface area contributed by atoms with Crippen LogP contribution in [0.5, 0.6) is 11.5 Å². The molecule has 0 aliphatic heterocycles. The summed E-state index contributed by atoms with van der Waals surface area (Å²) in [6.45, 7) is 2.59. The van der Waals surface area contributed by atoms with Gasteiger partial charge in [0.1, 0.15) is 11.5 Å². The van der Waals surface area contributed by atoms with Gasteiger partial charge in [-0.05, 0) is 71.6 Å². The van der Waals surface area contributed by atoms with E-state index < -0.39 is 11.8 Å². The standard InChI is InChI=1S/C20H22IN3O4S/c1-3-4-11-28-16-8-6-5-7-14(16)19(26)22-20(29)24-23-18(25)13-9-10-17(27-2)15(21)12-13/h5-10,12H,3-4,11H2,1-2H3,(H,23,25)(H2,22,24,26,29). The van der Waals surface area contributed by atoms with Gasteiger partial charge in [-0.2, -0.15) is 0 Å². The molecule has 154 valence electrons. The van der Waals surface area contributed by atoms with E-state index in [9.17, 15) is 9.59 Å². The minimum absolute atomic E-state index is 0.0325. The zero-order valence-electron chi connectivity index (χ0n) is 16.1. The number of para-hydroxylation sites is 1. The Labute approximate surface area is 188 Å². The first-order valence-electron chi connectivity index (χ1n) is 8.93. The van der Waals surface area contributed by atoms with Gasteiger partial charge in [0, 0.05) is 5.56 Å². The van der Waals surface area contributed by atoms with E-state index in [1.54, 1.807) is 49.6 Å². The highest BCUT2D eigenvalue weighted by Gasteiger charge is 2.14. The van der Waals surface area contributed by atoms with Crippen LogP contribution in [0.15, 0.2) is 42.5 Å². The molecule has 9 heteroatoms. The number of hydrazine groups is 1. The van der Waals surface area contributed by atoms with Gasteiger partial charge in [-0.3, -0.25) is 25.8 Å². The molecule has 0 bridgehead atoms. The Hall–Kier alpha value is -2.40. The lowest BCUT2D eigenvalue weighted by molar-refractivity contribution is 0.0933. The molecule has 2 aromatic rings. The average Bonchev–Trinajstić information content (AvgIpc) is 2.72. The number of hydrogen-bond acceptors (Lipinski definition) is 5. The normalized spacial score (nSPS) is 10.0. The van der Waals surface area contributed by atoms with Gasteiger partial charge in [0.05, 0.1) is 22.9 Å². The van der Waals surface area contributed by atoms with Gasteiger partial charge in [-0.25, -0.2) is 0 Å². The number of nitrogens with one attached hydrogen (secondary N) is 3. The van der Waals surface area contributed by atoms with E-state index in [4.69, 9.17) is 21.7 Å². The molecule has 0 saturated carbocycles. The Morgan fingerprint density at radius 1 is 1.07 bits per heavy atom. The Balaban J connectivity index is 1.91. The number of benzene rings is 2.